The van der Waals surface area contributed by atoms with E-state index in [-0.39, 0.29) is 8.93 Å². The summed E-state index contributed by atoms with van der Waals surface area (Å²) in [6.07, 6.45) is 0. The smallest absolute Gasteiger partial charge is 0.369 e. The molecule has 2 aromatic rings. The molecule has 0 unspecified atom stereocenters. The first-order chi connectivity index (χ1) is 12.1. The lowest BCUT2D eigenvalue weighted by Gasteiger charge is -2.01. The average molecular weight is 711 g/mol. The van der Waals surface area contributed by atoms with Crippen molar-refractivity contribution in [3.8, 4) is 11.5 Å². The number of phenols is 1. The van der Waals surface area contributed by atoms with Crippen LogP contribution in [0, 0.1) is 0 Å². The van der Waals surface area contributed by atoms with Gasteiger partial charge < -0.3 is 9.84 Å². The maximum Gasteiger partial charge on any atom is 0.369 e. The minimum atomic E-state index is 0.169. The lowest BCUT2D eigenvalue weighted by Crippen LogP contribution is -1.82. The molecule has 0 saturated heterocycles. The number of halogens is 7. The maximum atomic E-state index is 8.97. The summed E-state index contributed by atoms with van der Waals surface area (Å²) in [6, 6.07) is 10.3. The van der Waals surface area contributed by atoms with E-state index < -0.39 is 0 Å². The molecule has 1 N–H and O–H groups in total. The van der Waals surface area contributed by atoms with Gasteiger partial charge in [0.1, 0.15) is 11.5 Å². The summed E-state index contributed by atoms with van der Waals surface area (Å²) in [4.78, 5) is 0. The summed E-state index contributed by atoms with van der Waals surface area (Å²) < 4.78 is 13.0. The average Bonchev–Trinajstić information content (AvgIpc) is 2.54. The van der Waals surface area contributed by atoms with E-state index in [0.29, 0.717) is 21.4 Å². The third-order valence-electron chi connectivity index (χ3n) is 2.02. The van der Waals surface area contributed by atoms with Gasteiger partial charge in [0.05, 0.1) is 16.1 Å². The van der Waals surface area contributed by atoms with Gasteiger partial charge in [-0.1, -0.05) is 37.0 Å². The largest absolute Gasteiger partial charge is 0.507 e. The highest BCUT2D eigenvalue weighted by atomic mass is 79.9. The molecular weight excluding hydrogens is 693 g/mol. The Balaban J connectivity index is 0. The van der Waals surface area contributed by atoms with Gasteiger partial charge in [0, 0.05) is 11.4 Å². The van der Waals surface area contributed by atoms with Gasteiger partial charge in [-0.05, 0) is 68.3 Å². The minimum Gasteiger partial charge on any atom is -0.507 e. The van der Waals surface area contributed by atoms with E-state index in [1.807, 2.05) is 6.07 Å². The molecule has 2 nitrogen and oxygen atoms in total. The Bertz CT molecular complexity index is 636. The van der Waals surface area contributed by atoms with Crippen molar-refractivity contribution in [2.45, 2.75) is 13.8 Å². The molecule has 0 radical (unpaired) electrons. The third-order valence-corrected chi connectivity index (χ3v) is 3.82. The molecule has 10 heteroatoms. The van der Waals surface area contributed by atoms with E-state index >= 15 is 0 Å². The molecule has 2 rings (SSSR count). The third kappa shape index (κ3) is 15.8. The van der Waals surface area contributed by atoms with Crippen LogP contribution in [0.25, 0.3) is 0 Å². The predicted octanol–water partition coefficient (Wildman–Crippen LogP) is 9.10. The van der Waals surface area contributed by atoms with Gasteiger partial charge >= 0.3 is 3.18 Å². The second-order valence-electron chi connectivity index (χ2n) is 3.62. The van der Waals surface area contributed by atoms with Crippen molar-refractivity contribution in [2.75, 3.05) is 7.11 Å². The predicted molar refractivity (Wildman–Crippen MR) is 130 cm³/mol. The first-order valence-electron chi connectivity index (χ1n) is 7.14. The second kappa shape index (κ2) is 17.2. The fourth-order valence-electron chi connectivity index (χ4n) is 1.12. The van der Waals surface area contributed by atoms with Gasteiger partial charge in [0.15, 0.2) is 0 Å². The molecule has 0 heterocycles. The van der Waals surface area contributed by atoms with Gasteiger partial charge in [0.25, 0.3) is 0 Å². The van der Waals surface area contributed by atoms with Gasteiger partial charge in [-0.15, -0.1) is 47.3 Å². The minimum absolute atomic E-state index is 0.169. The zero-order valence-electron chi connectivity index (χ0n) is 14.2. The summed E-state index contributed by atoms with van der Waals surface area (Å²) in [6.45, 7) is 2.29. The number of rotatable bonds is 1. The van der Waals surface area contributed by atoms with E-state index in [9.17, 15) is 0 Å². The molecule has 0 fully saturated rings. The summed E-state index contributed by atoms with van der Waals surface area (Å²) in [5, 5.41) is 10.2. The molecule has 0 amide bonds. The quantitative estimate of drug-likeness (QED) is 0.300. The number of benzene rings is 2. The van der Waals surface area contributed by atoms with Crippen molar-refractivity contribution in [3.05, 3.63) is 55.4 Å². The molecule has 140 valence electrons. The topological polar surface area (TPSA) is 29.5 Å². The van der Waals surface area contributed by atoms with E-state index in [1.165, 1.54) is 6.07 Å². The molecule has 0 spiro atoms. The first-order valence-corrected chi connectivity index (χ1v) is 11.5. The van der Waals surface area contributed by atoms with Crippen LogP contribution in [0.2, 0.25) is 10.0 Å². The van der Waals surface area contributed by atoms with Crippen LogP contribution in [0.3, 0.4) is 0 Å². The summed E-state index contributed by atoms with van der Waals surface area (Å²) in [5.41, 5.74) is 0. The number of aromatic hydroxyl groups is 1. The van der Waals surface area contributed by atoms with E-state index in [2.05, 4.69) is 79.1 Å². The maximum absolute atomic E-state index is 8.97. The first kappa shape index (κ1) is 26.1. The SMILES string of the molecule is BrB(Br)Br.COc1cc(Cl)ccc1Br.Oc1cc(Cl)ccc1Br.[2H]CC. The molecule has 0 aliphatic heterocycles. The van der Waals surface area contributed by atoms with Gasteiger partial charge in [-0.25, -0.2) is 0 Å². The Labute approximate surface area is 202 Å². The molecule has 25 heavy (non-hydrogen) atoms. The highest BCUT2D eigenvalue weighted by Crippen LogP contribution is 2.27. The molecule has 0 aliphatic rings. The Kier molecular flexibility index (Phi) is 17.9. The Morgan fingerprint density at radius 2 is 1.40 bits per heavy atom. The van der Waals surface area contributed by atoms with Crippen molar-refractivity contribution >= 4 is 106 Å². The number of ether oxygens (including phenoxy) is 1. The van der Waals surface area contributed by atoms with E-state index in [4.69, 9.17) is 34.4 Å². The lowest BCUT2D eigenvalue weighted by molar-refractivity contribution is 0.412. The molecule has 0 atom stereocenters. The fourth-order valence-corrected chi connectivity index (χ4v) is 2.10. The molecular formula is C15H16BBr5Cl2O2. The van der Waals surface area contributed by atoms with Gasteiger partial charge in [-0.3, -0.25) is 0 Å². The highest BCUT2D eigenvalue weighted by Gasteiger charge is 1.98. The number of methoxy groups -OCH3 is 1. The van der Waals surface area contributed by atoms with Crippen LogP contribution in [-0.2, 0) is 0 Å². The summed E-state index contributed by atoms with van der Waals surface area (Å²) in [7, 11) is 1.61. The van der Waals surface area contributed by atoms with E-state index in [0.717, 1.165) is 10.2 Å². The van der Waals surface area contributed by atoms with Crippen LogP contribution in [-0.4, -0.2) is 15.4 Å². The summed E-state index contributed by atoms with van der Waals surface area (Å²) in [5.74, 6) is 0.926. The number of hydrogen-bond acceptors (Lipinski definition) is 2. The van der Waals surface area contributed by atoms with Crippen LogP contribution in [0.5, 0.6) is 11.5 Å². The standard InChI is InChI=1S/C7H6BrClO.C6H4BrClO.C2H6.BBr3/c1-10-7-4-5(9)2-3-6(7)8;7-5-2-1-4(8)3-6(5)9;1-2;2-1(3)4/h2-4H,1H3;1-3,9H;1-2H3;/i;;1D;. The van der Waals surface area contributed by atoms with Crippen molar-refractivity contribution in [3.63, 3.8) is 0 Å². The zero-order valence-corrected chi connectivity index (χ0v) is 22.7. The second-order valence-corrected chi connectivity index (χ2v) is 12.6. The monoisotopic (exact) mass is 705 g/mol. The van der Waals surface area contributed by atoms with Crippen LogP contribution in [0.1, 0.15) is 15.2 Å². The van der Waals surface area contributed by atoms with Crippen molar-refractivity contribution in [1.82, 2.24) is 0 Å². The van der Waals surface area contributed by atoms with Crippen LogP contribution < -0.4 is 4.74 Å². The van der Waals surface area contributed by atoms with Gasteiger partial charge in [-0.2, -0.15) is 0 Å². The number of phenolic OH excluding ortho intramolecular Hbond substituents is 1. The van der Waals surface area contributed by atoms with E-state index in [1.54, 1.807) is 38.3 Å². The van der Waals surface area contributed by atoms with Gasteiger partial charge in [0.2, 0.25) is 0 Å². The summed E-state index contributed by atoms with van der Waals surface area (Å²) >= 11 is 27.0. The fraction of sp³-hybridized carbons (Fsp3) is 0.200. The molecule has 0 saturated carbocycles. The Morgan fingerprint density at radius 3 is 1.72 bits per heavy atom. The normalized spacial score (nSPS) is 9.08. The van der Waals surface area contributed by atoms with Crippen molar-refractivity contribution in [2.24, 2.45) is 0 Å². The molecule has 0 aromatic heterocycles. The molecule has 2 aromatic carbocycles. The van der Waals surface area contributed by atoms with Crippen molar-refractivity contribution < 1.29 is 11.2 Å². The number of hydrogen-bond donors (Lipinski definition) is 1. The Morgan fingerprint density at radius 1 is 1.00 bits per heavy atom. The lowest BCUT2D eigenvalue weighted by atomic mass is 10.3. The molecule has 0 aliphatic carbocycles. The highest BCUT2D eigenvalue weighted by molar-refractivity contribution is 9.69. The Hall–Kier alpha value is 1.08. The van der Waals surface area contributed by atoms with Crippen LogP contribution in [0.15, 0.2) is 45.3 Å². The van der Waals surface area contributed by atoms with Crippen LogP contribution >= 0.6 is 102 Å². The molecule has 0 bridgehead atoms. The van der Waals surface area contributed by atoms with Crippen LogP contribution in [0.4, 0.5) is 0 Å². The zero-order chi connectivity index (χ0) is 20.7. The van der Waals surface area contributed by atoms with Crippen molar-refractivity contribution in [1.29, 1.82) is 0 Å².